The van der Waals surface area contributed by atoms with E-state index in [-0.39, 0.29) is 0 Å². The molecule has 0 amide bonds. The molecule has 0 unspecified atom stereocenters. The van der Waals surface area contributed by atoms with Crippen molar-refractivity contribution < 1.29 is 4.74 Å². The third-order valence-electron chi connectivity index (χ3n) is 3.33. The Morgan fingerprint density at radius 3 is 2.83 bits per heavy atom. The lowest BCUT2D eigenvalue weighted by Gasteiger charge is -2.28. The van der Waals surface area contributed by atoms with E-state index in [2.05, 4.69) is 23.1 Å². The van der Waals surface area contributed by atoms with Crippen molar-refractivity contribution in [3.63, 3.8) is 0 Å². The minimum Gasteiger partial charge on any atom is -0.380 e. The highest BCUT2D eigenvalue weighted by molar-refractivity contribution is 5.54. The van der Waals surface area contributed by atoms with Gasteiger partial charge in [-0.25, -0.2) is 0 Å². The summed E-state index contributed by atoms with van der Waals surface area (Å²) in [7, 11) is 1.73. The molecule has 18 heavy (non-hydrogen) atoms. The van der Waals surface area contributed by atoms with E-state index in [1.54, 1.807) is 7.11 Å². The highest BCUT2D eigenvalue weighted by Gasteiger charge is 2.12. The van der Waals surface area contributed by atoms with Crippen LogP contribution < -0.4 is 4.90 Å². The molecule has 0 saturated heterocycles. The Morgan fingerprint density at radius 2 is 2.28 bits per heavy atom. The van der Waals surface area contributed by atoms with Gasteiger partial charge in [0.05, 0.1) is 18.2 Å². The van der Waals surface area contributed by atoms with Crippen LogP contribution in [0.1, 0.15) is 17.5 Å². The molecule has 0 radical (unpaired) electrons. The molecule has 3 nitrogen and oxygen atoms in total. The number of ether oxygens (including phenoxy) is 1. The minimum absolute atomic E-state index is 0.736. The molecule has 0 saturated carbocycles. The summed E-state index contributed by atoms with van der Waals surface area (Å²) in [6.45, 7) is 4.66. The number of hydrogen-bond donors (Lipinski definition) is 0. The first-order chi connectivity index (χ1) is 8.74. The molecule has 0 aromatic heterocycles. The number of nitrogens with zero attached hydrogens (tertiary/aromatic N) is 2. The molecular formula is C15H18N2O. The first-order valence-corrected chi connectivity index (χ1v) is 6.17. The Labute approximate surface area is 108 Å². The Morgan fingerprint density at radius 1 is 1.44 bits per heavy atom. The van der Waals surface area contributed by atoms with Gasteiger partial charge in [0.25, 0.3) is 0 Å². The summed E-state index contributed by atoms with van der Waals surface area (Å²) in [5.41, 5.74) is 4.37. The summed E-state index contributed by atoms with van der Waals surface area (Å²) in [6, 6.07) is 8.22. The summed E-state index contributed by atoms with van der Waals surface area (Å²) in [4.78, 5) is 2.33. The zero-order valence-electron chi connectivity index (χ0n) is 10.9. The number of hydrogen-bond acceptors (Lipinski definition) is 3. The normalized spacial score (nSPS) is 15.2. The third kappa shape index (κ3) is 2.72. The molecule has 0 fully saturated rings. The van der Waals surface area contributed by atoms with Gasteiger partial charge in [-0.1, -0.05) is 6.08 Å². The molecule has 2 rings (SSSR count). The maximum Gasteiger partial charge on any atom is 0.0994 e. The number of benzene rings is 1. The largest absolute Gasteiger partial charge is 0.380 e. The number of nitriles is 1. The zero-order valence-corrected chi connectivity index (χ0v) is 10.9. The Kier molecular flexibility index (Phi) is 4.01. The second kappa shape index (κ2) is 5.70. The number of anilines is 1. The maximum atomic E-state index is 8.93. The average Bonchev–Trinajstić information content (AvgIpc) is 2.40. The molecule has 1 heterocycles. The van der Waals surface area contributed by atoms with Crippen molar-refractivity contribution >= 4 is 5.69 Å². The fourth-order valence-corrected chi connectivity index (χ4v) is 2.23. The molecule has 0 bridgehead atoms. The van der Waals surface area contributed by atoms with E-state index >= 15 is 0 Å². The maximum absolute atomic E-state index is 8.93. The summed E-state index contributed by atoms with van der Waals surface area (Å²) in [5, 5.41) is 8.93. The van der Waals surface area contributed by atoms with Crippen LogP contribution in [0.2, 0.25) is 0 Å². The van der Waals surface area contributed by atoms with E-state index in [1.165, 1.54) is 11.3 Å². The van der Waals surface area contributed by atoms with Crippen LogP contribution in [-0.2, 0) is 4.74 Å². The van der Waals surface area contributed by atoms with Crippen LogP contribution in [0.15, 0.2) is 29.8 Å². The quantitative estimate of drug-likeness (QED) is 0.764. The molecule has 94 valence electrons. The van der Waals surface area contributed by atoms with E-state index in [0.717, 1.165) is 37.2 Å². The predicted molar refractivity (Wildman–Crippen MR) is 72.7 cm³/mol. The van der Waals surface area contributed by atoms with Crippen LogP contribution in [0.4, 0.5) is 5.69 Å². The molecule has 1 aromatic carbocycles. The SMILES string of the molecule is COCC1=CCN(c2ccc(C#N)c(C)c2)CC1. The lowest BCUT2D eigenvalue weighted by Crippen LogP contribution is -2.29. The lowest BCUT2D eigenvalue weighted by molar-refractivity contribution is 0.222. The molecule has 0 spiro atoms. The van der Waals surface area contributed by atoms with Gasteiger partial charge < -0.3 is 9.64 Å². The van der Waals surface area contributed by atoms with Crippen LogP contribution in [-0.4, -0.2) is 26.8 Å². The van der Waals surface area contributed by atoms with Gasteiger partial charge in [-0.2, -0.15) is 5.26 Å². The first kappa shape index (κ1) is 12.7. The molecule has 0 atom stereocenters. The van der Waals surface area contributed by atoms with E-state index in [9.17, 15) is 0 Å². The smallest absolute Gasteiger partial charge is 0.0994 e. The van der Waals surface area contributed by atoms with Crippen LogP contribution in [0.25, 0.3) is 0 Å². The van der Waals surface area contributed by atoms with Gasteiger partial charge in [-0.15, -0.1) is 0 Å². The van der Waals surface area contributed by atoms with Gasteiger partial charge in [-0.3, -0.25) is 0 Å². The summed E-state index contributed by atoms with van der Waals surface area (Å²) >= 11 is 0. The molecular weight excluding hydrogens is 224 g/mol. The fraction of sp³-hybridized carbons (Fsp3) is 0.400. The van der Waals surface area contributed by atoms with Crippen LogP contribution in [0.5, 0.6) is 0 Å². The molecule has 1 aromatic rings. The molecule has 1 aliphatic rings. The van der Waals surface area contributed by atoms with Crippen molar-refractivity contribution in [1.82, 2.24) is 0 Å². The van der Waals surface area contributed by atoms with Crippen LogP contribution in [0, 0.1) is 18.3 Å². The van der Waals surface area contributed by atoms with Crippen molar-refractivity contribution in [1.29, 1.82) is 5.26 Å². The minimum atomic E-state index is 0.736. The molecule has 1 aliphatic heterocycles. The van der Waals surface area contributed by atoms with Crippen LogP contribution >= 0.6 is 0 Å². The van der Waals surface area contributed by atoms with E-state index < -0.39 is 0 Å². The van der Waals surface area contributed by atoms with Crippen LogP contribution in [0.3, 0.4) is 0 Å². The van der Waals surface area contributed by atoms with Crippen molar-refractivity contribution in [2.45, 2.75) is 13.3 Å². The first-order valence-electron chi connectivity index (χ1n) is 6.17. The summed E-state index contributed by atoms with van der Waals surface area (Å²) in [5.74, 6) is 0. The highest BCUT2D eigenvalue weighted by atomic mass is 16.5. The Hall–Kier alpha value is -1.79. The van der Waals surface area contributed by atoms with E-state index in [0.29, 0.717) is 0 Å². The predicted octanol–water partition coefficient (Wildman–Crippen LogP) is 2.65. The molecule has 0 N–H and O–H groups in total. The van der Waals surface area contributed by atoms with Crippen molar-refractivity contribution in [2.24, 2.45) is 0 Å². The topological polar surface area (TPSA) is 36.3 Å². The number of aryl methyl sites for hydroxylation is 1. The van der Waals surface area contributed by atoms with Gasteiger partial charge in [0.2, 0.25) is 0 Å². The highest BCUT2D eigenvalue weighted by Crippen LogP contribution is 2.22. The Bertz CT molecular complexity index is 500. The standard InChI is InChI=1S/C15H18N2O/c1-12-9-15(4-3-14(12)10-16)17-7-5-13(6-8-17)11-18-2/h3-5,9H,6-8,11H2,1-2H3. The summed E-state index contributed by atoms with van der Waals surface area (Å²) < 4.78 is 5.15. The summed E-state index contributed by atoms with van der Waals surface area (Å²) in [6.07, 6.45) is 3.29. The number of rotatable bonds is 3. The number of methoxy groups -OCH3 is 1. The van der Waals surface area contributed by atoms with Crippen molar-refractivity contribution in [3.05, 3.63) is 41.0 Å². The van der Waals surface area contributed by atoms with E-state index in [1.807, 2.05) is 19.1 Å². The molecule has 0 aliphatic carbocycles. The van der Waals surface area contributed by atoms with Gasteiger partial charge in [0.15, 0.2) is 0 Å². The third-order valence-corrected chi connectivity index (χ3v) is 3.33. The second-order valence-electron chi connectivity index (χ2n) is 4.60. The Balaban J connectivity index is 2.10. The fourth-order valence-electron chi connectivity index (χ4n) is 2.23. The van der Waals surface area contributed by atoms with Crippen molar-refractivity contribution in [3.8, 4) is 6.07 Å². The lowest BCUT2D eigenvalue weighted by atomic mass is 10.1. The second-order valence-corrected chi connectivity index (χ2v) is 4.60. The van der Waals surface area contributed by atoms with Gasteiger partial charge in [0.1, 0.15) is 0 Å². The molecule has 3 heteroatoms. The monoisotopic (exact) mass is 242 g/mol. The zero-order chi connectivity index (χ0) is 13.0. The van der Waals surface area contributed by atoms with E-state index in [4.69, 9.17) is 10.00 Å². The van der Waals surface area contributed by atoms with Gasteiger partial charge in [0, 0.05) is 25.9 Å². The van der Waals surface area contributed by atoms with Crippen molar-refractivity contribution in [2.75, 3.05) is 31.7 Å². The average molecular weight is 242 g/mol. The van der Waals surface area contributed by atoms with Gasteiger partial charge in [-0.05, 0) is 42.7 Å². The van der Waals surface area contributed by atoms with Gasteiger partial charge >= 0.3 is 0 Å².